The van der Waals surface area contributed by atoms with Crippen LogP contribution in [0.4, 0.5) is 5.69 Å². The molecule has 0 bridgehead atoms. The number of hydrogen-bond donors (Lipinski definition) is 2. The lowest BCUT2D eigenvalue weighted by molar-refractivity contribution is 0.0574. The van der Waals surface area contributed by atoms with E-state index in [9.17, 15) is 0 Å². The van der Waals surface area contributed by atoms with Crippen LogP contribution in [0.1, 0.15) is 32.1 Å². The fraction of sp³-hybridized carbons (Fsp3) is 0.533. The summed E-state index contributed by atoms with van der Waals surface area (Å²) >= 11 is 14.6. The SMILES string of the molecule is S=C(NCCCOC1CCCC1)Nc1ccc(Br)c(Cl)c1. The minimum Gasteiger partial charge on any atom is -0.378 e. The monoisotopic (exact) mass is 390 g/mol. The van der Waals surface area contributed by atoms with Gasteiger partial charge in [0.05, 0.1) is 11.1 Å². The van der Waals surface area contributed by atoms with Crippen molar-refractivity contribution in [2.45, 2.75) is 38.2 Å². The molecule has 116 valence electrons. The molecule has 21 heavy (non-hydrogen) atoms. The van der Waals surface area contributed by atoms with Crippen LogP contribution in [0.5, 0.6) is 0 Å². The Balaban J connectivity index is 1.59. The zero-order valence-electron chi connectivity index (χ0n) is 11.8. The normalized spacial score (nSPS) is 15.1. The Morgan fingerprint density at radius 3 is 2.86 bits per heavy atom. The largest absolute Gasteiger partial charge is 0.378 e. The van der Waals surface area contributed by atoms with Gasteiger partial charge in [0.1, 0.15) is 0 Å². The van der Waals surface area contributed by atoms with Crippen molar-refractivity contribution in [3.8, 4) is 0 Å². The first kappa shape index (κ1) is 17.0. The Labute approximate surface area is 144 Å². The lowest BCUT2D eigenvalue weighted by atomic mass is 10.3. The number of ether oxygens (including phenoxy) is 1. The summed E-state index contributed by atoms with van der Waals surface area (Å²) in [5.41, 5.74) is 0.878. The molecule has 1 aliphatic rings. The van der Waals surface area contributed by atoms with E-state index in [4.69, 9.17) is 28.6 Å². The van der Waals surface area contributed by atoms with Crippen LogP contribution in [-0.4, -0.2) is 24.4 Å². The molecule has 0 heterocycles. The van der Waals surface area contributed by atoms with Crippen LogP contribution < -0.4 is 10.6 Å². The van der Waals surface area contributed by atoms with Gasteiger partial charge in [-0.05, 0) is 65.6 Å². The molecule has 2 N–H and O–H groups in total. The molecule has 1 aromatic carbocycles. The predicted octanol–water partition coefficient (Wildman–Crippen LogP) is 4.74. The fourth-order valence-corrected chi connectivity index (χ4v) is 2.98. The maximum Gasteiger partial charge on any atom is 0.170 e. The highest BCUT2D eigenvalue weighted by Crippen LogP contribution is 2.25. The van der Waals surface area contributed by atoms with E-state index in [0.717, 1.165) is 29.7 Å². The highest BCUT2D eigenvalue weighted by Gasteiger charge is 2.14. The molecule has 0 unspecified atom stereocenters. The van der Waals surface area contributed by atoms with Gasteiger partial charge in [-0.2, -0.15) is 0 Å². The van der Waals surface area contributed by atoms with Crippen LogP contribution in [0.3, 0.4) is 0 Å². The molecule has 2 rings (SSSR count). The van der Waals surface area contributed by atoms with Gasteiger partial charge in [-0.3, -0.25) is 0 Å². The van der Waals surface area contributed by atoms with Crippen LogP contribution in [-0.2, 0) is 4.74 Å². The summed E-state index contributed by atoms with van der Waals surface area (Å²) in [6, 6.07) is 5.65. The summed E-state index contributed by atoms with van der Waals surface area (Å²) in [6.45, 7) is 1.60. The van der Waals surface area contributed by atoms with Gasteiger partial charge in [0.25, 0.3) is 0 Å². The van der Waals surface area contributed by atoms with Crippen molar-refractivity contribution in [1.82, 2.24) is 5.32 Å². The topological polar surface area (TPSA) is 33.3 Å². The average molecular weight is 392 g/mol. The first-order valence-electron chi connectivity index (χ1n) is 7.26. The molecule has 0 spiro atoms. The third-order valence-electron chi connectivity index (χ3n) is 3.44. The van der Waals surface area contributed by atoms with Crippen molar-refractivity contribution in [2.75, 3.05) is 18.5 Å². The van der Waals surface area contributed by atoms with E-state index in [1.807, 2.05) is 18.2 Å². The molecule has 0 aliphatic heterocycles. The van der Waals surface area contributed by atoms with E-state index in [2.05, 4.69) is 26.6 Å². The Bertz CT molecular complexity index is 481. The molecule has 0 radical (unpaired) electrons. The smallest absolute Gasteiger partial charge is 0.170 e. The predicted molar refractivity (Wildman–Crippen MR) is 96.2 cm³/mol. The molecule has 1 aliphatic carbocycles. The number of benzene rings is 1. The molecular weight excluding hydrogens is 372 g/mol. The Hall–Kier alpha value is -0.360. The second kappa shape index (κ2) is 8.93. The van der Waals surface area contributed by atoms with E-state index in [1.54, 1.807) is 0 Å². The molecule has 3 nitrogen and oxygen atoms in total. The molecule has 6 heteroatoms. The summed E-state index contributed by atoms with van der Waals surface area (Å²) < 4.78 is 6.68. The average Bonchev–Trinajstić information content (AvgIpc) is 2.96. The first-order chi connectivity index (χ1) is 10.1. The molecule has 1 aromatic rings. The first-order valence-corrected chi connectivity index (χ1v) is 8.84. The van der Waals surface area contributed by atoms with Crippen LogP contribution >= 0.6 is 39.7 Å². The van der Waals surface area contributed by atoms with Gasteiger partial charge in [-0.1, -0.05) is 24.4 Å². The Morgan fingerprint density at radius 1 is 1.38 bits per heavy atom. The molecule has 1 fully saturated rings. The van der Waals surface area contributed by atoms with Crippen molar-refractivity contribution in [2.24, 2.45) is 0 Å². The zero-order chi connectivity index (χ0) is 15.1. The highest BCUT2D eigenvalue weighted by atomic mass is 79.9. The number of thiocarbonyl (C=S) groups is 1. The maximum absolute atomic E-state index is 6.04. The highest BCUT2D eigenvalue weighted by molar-refractivity contribution is 9.10. The van der Waals surface area contributed by atoms with Crippen LogP contribution in [0, 0.1) is 0 Å². The fourth-order valence-electron chi connectivity index (χ4n) is 2.33. The van der Waals surface area contributed by atoms with Crippen molar-refractivity contribution in [1.29, 1.82) is 0 Å². The van der Waals surface area contributed by atoms with E-state index >= 15 is 0 Å². The summed E-state index contributed by atoms with van der Waals surface area (Å²) in [5, 5.41) is 7.56. The van der Waals surface area contributed by atoms with Gasteiger partial charge >= 0.3 is 0 Å². The van der Waals surface area contributed by atoms with Crippen molar-refractivity contribution in [3.63, 3.8) is 0 Å². The van der Waals surface area contributed by atoms with E-state index < -0.39 is 0 Å². The van der Waals surface area contributed by atoms with Gasteiger partial charge in [0.2, 0.25) is 0 Å². The minimum atomic E-state index is 0.486. The molecule has 0 saturated heterocycles. The zero-order valence-corrected chi connectivity index (χ0v) is 15.0. The lowest BCUT2D eigenvalue weighted by Crippen LogP contribution is -2.30. The second-order valence-corrected chi connectivity index (χ2v) is 6.81. The quantitative estimate of drug-likeness (QED) is 0.542. The summed E-state index contributed by atoms with van der Waals surface area (Å²) in [6.07, 6.45) is 6.51. The third-order valence-corrected chi connectivity index (χ3v) is 4.92. The van der Waals surface area contributed by atoms with Crippen LogP contribution in [0.25, 0.3) is 0 Å². The van der Waals surface area contributed by atoms with Crippen LogP contribution in [0.15, 0.2) is 22.7 Å². The number of hydrogen-bond acceptors (Lipinski definition) is 2. The molecule has 0 atom stereocenters. The third kappa shape index (κ3) is 6.10. The number of rotatable bonds is 6. The van der Waals surface area contributed by atoms with Gasteiger partial charge in [0.15, 0.2) is 5.11 Å². The second-order valence-electron chi connectivity index (χ2n) is 5.14. The lowest BCUT2D eigenvalue weighted by Gasteiger charge is -2.13. The maximum atomic E-state index is 6.04. The van der Waals surface area contributed by atoms with Gasteiger partial charge < -0.3 is 15.4 Å². The van der Waals surface area contributed by atoms with E-state index in [-0.39, 0.29) is 0 Å². The molecule has 0 amide bonds. The van der Waals surface area contributed by atoms with Crippen LogP contribution in [0.2, 0.25) is 5.02 Å². The van der Waals surface area contributed by atoms with Crippen molar-refractivity contribution in [3.05, 3.63) is 27.7 Å². The number of halogens is 2. The number of nitrogens with one attached hydrogen (secondary N) is 2. The Morgan fingerprint density at radius 2 is 2.14 bits per heavy atom. The Kier molecular flexibility index (Phi) is 7.23. The minimum absolute atomic E-state index is 0.486. The van der Waals surface area contributed by atoms with Gasteiger partial charge in [-0.25, -0.2) is 0 Å². The van der Waals surface area contributed by atoms with Gasteiger partial charge in [-0.15, -0.1) is 0 Å². The summed E-state index contributed by atoms with van der Waals surface area (Å²) in [5.74, 6) is 0. The van der Waals surface area contributed by atoms with Crippen molar-refractivity contribution >= 4 is 50.5 Å². The molecular formula is C15H20BrClN2OS. The standard InChI is InChI=1S/C15H20BrClN2OS/c16-13-7-6-11(10-14(13)17)19-15(21)18-8-3-9-20-12-4-1-2-5-12/h6-7,10,12H,1-5,8-9H2,(H2,18,19,21). The van der Waals surface area contributed by atoms with E-state index in [1.165, 1.54) is 25.7 Å². The molecule has 1 saturated carbocycles. The summed E-state index contributed by atoms with van der Waals surface area (Å²) in [4.78, 5) is 0. The molecule has 0 aromatic heterocycles. The number of anilines is 1. The summed E-state index contributed by atoms with van der Waals surface area (Å²) in [7, 11) is 0. The van der Waals surface area contributed by atoms with E-state index in [0.29, 0.717) is 16.2 Å². The van der Waals surface area contributed by atoms with Gasteiger partial charge in [0, 0.05) is 23.3 Å². The van der Waals surface area contributed by atoms with Crippen molar-refractivity contribution < 1.29 is 4.74 Å².